The molecule has 0 saturated carbocycles. The largest absolute Gasteiger partial charge is 0.487 e. The van der Waals surface area contributed by atoms with E-state index in [4.69, 9.17) is 16.3 Å². The number of aromatic nitrogens is 1. The zero-order valence-corrected chi connectivity index (χ0v) is 10.7. The molecule has 0 aliphatic carbocycles. The van der Waals surface area contributed by atoms with Crippen molar-refractivity contribution in [3.8, 4) is 5.75 Å². The van der Waals surface area contributed by atoms with Crippen LogP contribution < -0.4 is 4.74 Å². The summed E-state index contributed by atoms with van der Waals surface area (Å²) in [6.45, 7) is 0.509. The van der Waals surface area contributed by atoms with Crippen molar-refractivity contribution in [2.24, 2.45) is 0 Å². The van der Waals surface area contributed by atoms with E-state index in [1.165, 1.54) is 0 Å². The number of rotatable bonds is 3. The van der Waals surface area contributed by atoms with E-state index in [-0.39, 0.29) is 0 Å². The van der Waals surface area contributed by atoms with Gasteiger partial charge in [0.15, 0.2) is 0 Å². The maximum absolute atomic E-state index is 5.79. The predicted molar refractivity (Wildman–Crippen MR) is 67.7 cm³/mol. The van der Waals surface area contributed by atoms with Crippen LogP contribution in [0, 0.1) is 0 Å². The van der Waals surface area contributed by atoms with Crippen LogP contribution in [0.3, 0.4) is 0 Å². The Kier molecular flexibility index (Phi) is 3.80. The van der Waals surface area contributed by atoms with E-state index in [0.29, 0.717) is 6.61 Å². The summed E-state index contributed by atoms with van der Waals surface area (Å²) in [5, 5.41) is 0.730. The molecule has 1 aromatic carbocycles. The summed E-state index contributed by atoms with van der Waals surface area (Å²) < 4.78 is 6.48. The average Bonchev–Trinajstić information content (AvgIpc) is 2.28. The third-order valence-corrected chi connectivity index (χ3v) is 2.68. The van der Waals surface area contributed by atoms with Gasteiger partial charge in [-0.1, -0.05) is 23.7 Å². The Balaban J connectivity index is 1.99. The van der Waals surface area contributed by atoms with Crippen LogP contribution in [0.15, 0.2) is 47.2 Å². The molecular weight excluding hydrogens is 289 g/mol. The molecule has 0 aliphatic rings. The number of benzene rings is 1. The van der Waals surface area contributed by atoms with Gasteiger partial charge in [0, 0.05) is 15.7 Å². The second-order valence-electron chi connectivity index (χ2n) is 3.25. The number of hydrogen-bond acceptors (Lipinski definition) is 2. The van der Waals surface area contributed by atoms with Crippen molar-refractivity contribution >= 4 is 27.5 Å². The van der Waals surface area contributed by atoms with Crippen LogP contribution in [0.25, 0.3) is 0 Å². The Morgan fingerprint density at radius 2 is 1.94 bits per heavy atom. The van der Waals surface area contributed by atoms with Crippen molar-refractivity contribution in [2.45, 2.75) is 6.61 Å². The molecule has 1 aromatic heterocycles. The van der Waals surface area contributed by atoms with Crippen LogP contribution in [0.4, 0.5) is 0 Å². The lowest BCUT2D eigenvalue weighted by atomic mass is 10.2. The third-order valence-electron chi connectivity index (χ3n) is 2.00. The fraction of sp³-hybridized carbons (Fsp3) is 0.0833. The number of pyridine rings is 1. The van der Waals surface area contributed by atoms with Gasteiger partial charge < -0.3 is 4.74 Å². The topological polar surface area (TPSA) is 22.1 Å². The molecule has 1 heterocycles. The van der Waals surface area contributed by atoms with Gasteiger partial charge in [-0.25, -0.2) is 0 Å². The first kappa shape index (κ1) is 11.4. The highest BCUT2D eigenvalue weighted by atomic mass is 79.9. The molecule has 0 saturated heterocycles. The van der Waals surface area contributed by atoms with Crippen LogP contribution in [0.5, 0.6) is 5.75 Å². The van der Waals surface area contributed by atoms with Crippen LogP contribution in [0.2, 0.25) is 5.02 Å². The zero-order valence-electron chi connectivity index (χ0n) is 8.36. The maximum atomic E-state index is 5.79. The summed E-state index contributed by atoms with van der Waals surface area (Å²) in [6, 6.07) is 9.45. The Labute approximate surface area is 107 Å². The van der Waals surface area contributed by atoms with Crippen molar-refractivity contribution in [2.75, 3.05) is 0 Å². The minimum Gasteiger partial charge on any atom is -0.487 e. The SMILES string of the molecule is Clc1ccc(COc2cncc(Br)c2)cc1. The molecule has 0 amide bonds. The first-order valence-corrected chi connectivity index (χ1v) is 5.89. The molecule has 4 heteroatoms. The smallest absolute Gasteiger partial charge is 0.139 e. The summed E-state index contributed by atoms with van der Waals surface area (Å²) in [5.74, 6) is 0.740. The van der Waals surface area contributed by atoms with E-state index in [1.54, 1.807) is 12.4 Å². The molecule has 0 N–H and O–H groups in total. The first-order chi connectivity index (χ1) is 7.74. The van der Waals surface area contributed by atoms with Gasteiger partial charge in [-0.05, 0) is 39.7 Å². The van der Waals surface area contributed by atoms with Crippen LogP contribution in [-0.4, -0.2) is 4.98 Å². The normalized spacial score (nSPS) is 10.1. The monoisotopic (exact) mass is 297 g/mol. The van der Waals surface area contributed by atoms with Gasteiger partial charge in [0.2, 0.25) is 0 Å². The molecule has 16 heavy (non-hydrogen) atoms. The minimum absolute atomic E-state index is 0.509. The van der Waals surface area contributed by atoms with Gasteiger partial charge >= 0.3 is 0 Å². The van der Waals surface area contributed by atoms with Crippen LogP contribution >= 0.6 is 27.5 Å². The lowest BCUT2D eigenvalue weighted by molar-refractivity contribution is 0.305. The molecule has 0 bridgehead atoms. The van der Waals surface area contributed by atoms with Crippen molar-refractivity contribution in [1.29, 1.82) is 0 Å². The predicted octanol–water partition coefficient (Wildman–Crippen LogP) is 4.08. The van der Waals surface area contributed by atoms with E-state index in [9.17, 15) is 0 Å². The minimum atomic E-state index is 0.509. The Bertz CT molecular complexity index is 473. The van der Waals surface area contributed by atoms with E-state index in [1.807, 2.05) is 30.3 Å². The van der Waals surface area contributed by atoms with Gasteiger partial charge in [-0.2, -0.15) is 0 Å². The first-order valence-electron chi connectivity index (χ1n) is 4.72. The third kappa shape index (κ3) is 3.22. The molecule has 0 radical (unpaired) electrons. The Hall–Kier alpha value is -1.06. The molecule has 0 fully saturated rings. The van der Waals surface area contributed by atoms with Gasteiger partial charge in [-0.3, -0.25) is 4.98 Å². The molecule has 82 valence electrons. The van der Waals surface area contributed by atoms with Crippen LogP contribution in [-0.2, 0) is 6.61 Å². The molecular formula is C12H9BrClNO. The second kappa shape index (κ2) is 5.32. The van der Waals surface area contributed by atoms with E-state index >= 15 is 0 Å². The van der Waals surface area contributed by atoms with E-state index in [2.05, 4.69) is 20.9 Å². The molecule has 0 aliphatic heterocycles. The summed E-state index contributed by atoms with van der Waals surface area (Å²) in [6.07, 6.45) is 3.40. The number of ether oxygens (including phenoxy) is 1. The highest BCUT2D eigenvalue weighted by Crippen LogP contribution is 2.17. The summed E-state index contributed by atoms with van der Waals surface area (Å²) >= 11 is 9.13. The number of halogens is 2. The second-order valence-corrected chi connectivity index (χ2v) is 4.61. The molecule has 2 nitrogen and oxygen atoms in total. The molecule has 0 spiro atoms. The van der Waals surface area contributed by atoms with Crippen molar-refractivity contribution in [1.82, 2.24) is 4.98 Å². The summed E-state index contributed by atoms with van der Waals surface area (Å²) in [7, 11) is 0. The van der Waals surface area contributed by atoms with Gasteiger partial charge in [0.25, 0.3) is 0 Å². The lowest BCUT2D eigenvalue weighted by Crippen LogP contribution is -1.95. The fourth-order valence-corrected chi connectivity index (χ4v) is 1.69. The fourth-order valence-electron chi connectivity index (χ4n) is 1.22. The molecule has 0 atom stereocenters. The van der Waals surface area contributed by atoms with E-state index in [0.717, 1.165) is 20.8 Å². The number of hydrogen-bond donors (Lipinski definition) is 0. The van der Waals surface area contributed by atoms with Crippen molar-refractivity contribution < 1.29 is 4.74 Å². The molecule has 2 aromatic rings. The van der Waals surface area contributed by atoms with E-state index < -0.39 is 0 Å². The highest BCUT2D eigenvalue weighted by molar-refractivity contribution is 9.10. The van der Waals surface area contributed by atoms with Crippen LogP contribution in [0.1, 0.15) is 5.56 Å². The summed E-state index contributed by atoms with van der Waals surface area (Å²) in [5.41, 5.74) is 1.07. The molecule has 0 unspecified atom stereocenters. The molecule has 2 rings (SSSR count). The maximum Gasteiger partial charge on any atom is 0.139 e. The zero-order chi connectivity index (χ0) is 11.4. The quantitative estimate of drug-likeness (QED) is 0.852. The van der Waals surface area contributed by atoms with Crippen molar-refractivity contribution in [3.05, 3.63) is 57.8 Å². The lowest BCUT2D eigenvalue weighted by Gasteiger charge is -2.05. The summed E-state index contributed by atoms with van der Waals surface area (Å²) in [4.78, 5) is 4.02. The van der Waals surface area contributed by atoms with Gasteiger partial charge in [0.1, 0.15) is 12.4 Å². The Morgan fingerprint density at radius 1 is 1.19 bits per heavy atom. The van der Waals surface area contributed by atoms with Crippen molar-refractivity contribution in [3.63, 3.8) is 0 Å². The van der Waals surface area contributed by atoms with Gasteiger partial charge in [-0.15, -0.1) is 0 Å². The van der Waals surface area contributed by atoms with Gasteiger partial charge in [0.05, 0.1) is 6.20 Å². The number of nitrogens with zero attached hydrogens (tertiary/aromatic N) is 1. The standard InChI is InChI=1S/C12H9BrClNO/c13-10-5-12(7-15-6-10)16-8-9-1-3-11(14)4-2-9/h1-7H,8H2. The highest BCUT2D eigenvalue weighted by Gasteiger charge is 1.97. The Morgan fingerprint density at radius 3 is 2.62 bits per heavy atom. The average molecular weight is 299 g/mol.